The number of guanidine groups is 1. The van der Waals surface area contributed by atoms with Crippen LogP contribution in [0.1, 0.15) is 33.6 Å². The molecule has 3 N–H and O–H groups in total. The fraction of sp³-hybridized carbons (Fsp3) is 0.900. The third-order valence-corrected chi connectivity index (χ3v) is 2.34. The van der Waals surface area contributed by atoms with E-state index in [-0.39, 0.29) is 0 Å². The van der Waals surface area contributed by atoms with Crippen LogP contribution < -0.4 is 11.3 Å². The Bertz CT molecular complexity index is 196. The number of hydrogen-bond donors (Lipinski definition) is 2. The first-order valence-corrected chi connectivity index (χ1v) is 5.46. The predicted octanol–water partition coefficient (Wildman–Crippen LogP) is 0.946. The summed E-state index contributed by atoms with van der Waals surface area (Å²) in [6.07, 6.45) is 2.55. The summed E-state index contributed by atoms with van der Waals surface area (Å²) in [6, 6.07) is 0.668. The SMILES string of the molecule is CCN(C(=NCC(C)C)NN)C1CC1. The Labute approximate surface area is 86.5 Å². The van der Waals surface area contributed by atoms with Gasteiger partial charge in [0.1, 0.15) is 0 Å². The summed E-state index contributed by atoms with van der Waals surface area (Å²) in [7, 11) is 0. The molecule has 0 radical (unpaired) electrons. The van der Waals surface area contributed by atoms with Gasteiger partial charge in [-0.3, -0.25) is 10.4 Å². The van der Waals surface area contributed by atoms with Crippen LogP contribution in [0.4, 0.5) is 0 Å². The fourth-order valence-electron chi connectivity index (χ4n) is 1.46. The third-order valence-electron chi connectivity index (χ3n) is 2.34. The van der Waals surface area contributed by atoms with E-state index in [4.69, 9.17) is 5.84 Å². The molecule has 0 unspecified atom stereocenters. The van der Waals surface area contributed by atoms with Gasteiger partial charge >= 0.3 is 0 Å². The molecular formula is C10H22N4. The van der Waals surface area contributed by atoms with Crippen LogP contribution in [-0.2, 0) is 0 Å². The van der Waals surface area contributed by atoms with Crippen molar-refractivity contribution in [3.8, 4) is 0 Å². The van der Waals surface area contributed by atoms with Gasteiger partial charge in [0.05, 0.1) is 0 Å². The molecule has 0 aliphatic heterocycles. The van der Waals surface area contributed by atoms with Gasteiger partial charge in [0.2, 0.25) is 5.96 Å². The van der Waals surface area contributed by atoms with Crippen LogP contribution in [0.25, 0.3) is 0 Å². The van der Waals surface area contributed by atoms with Crippen LogP contribution in [0.15, 0.2) is 4.99 Å². The maximum Gasteiger partial charge on any atom is 0.208 e. The van der Waals surface area contributed by atoms with Crippen LogP contribution in [0.5, 0.6) is 0 Å². The molecule has 1 aliphatic carbocycles. The van der Waals surface area contributed by atoms with Crippen LogP contribution >= 0.6 is 0 Å². The van der Waals surface area contributed by atoms with E-state index in [2.05, 4.69) is 36.1 Å². The lowest BCUT2D eigenvalue weighted by molar-refractivity contribution is 0.412. The Morgan fingerprint density at radius 2 is 2.21 bits per heavy atom. The predicted molar refractivity (Wildman–Crippen MR) is 59.9 cm³/mol. The van der Waals surface area contributed by atoms with E-state index in [0.717, 1.165) is 19.0 Å². The summed E-state index contributed by atoms with van der Waals surface area (Å²) in [5.41, 5.74) is 2.71. The average molecular weight is 198 g/mol. The van der Waals surface area contributed by atoms with E-state index in [9.17, 15) is 0 Å². The molecule has 0 amide bonds. The highest BCUT2D eigenvalue weighted by atomic mass is 15.4. The number of rotatable bonds is 4. The van der Waals surface area contributed by atoms with Crippen molar-refractivity contribution in [3.63, 3.8) is 0 Å². The quantitative estimate of drug-likeness (QED) is 0.306. The molecule has 0 heterocycles. The van der Waals surface area contributed by atoms with Crippen molar-refractivity contribution in [2.45, 2.75) is 39.7 Å². The number of nitrogens with one attached hydrogen (secondary N) is 1. The van der Waals surface area contributed by atoms with Gasteiger partial charge in [0.15, 0.2) is 0 Å². The minimum atomic E-state index is 0.580. The zero-order valence-electron chi connectivity index (χ0n) is 9.45. The van der Waals surface area contributed by atoms with Crippen LogP contribution in [0, 0.1) is 5.92 Å². The Kier molecular flexibility index (Phi) is 4.20. The Balaban J connectivity index is 2.52. The Hall–Kier alpha value is -0.770. The molecule has 1 rings (SSSR count). The van der Waals surface area contributed by atoms with E-state index in [1.54, 1.807) is 0 Å². The Morgan fingerprint density at radius 1 is 1.57 bits per heavy atom. The molecule has 0 aromatic rings. The molecule has 0 spiro atoms. The Morgan fingerprint density at radius 3 is 2.57 bits per heavy atom. The van der Waals surface area contributed by atoms with Crippen molar-refractivity contribution in [1.29, 1.82) is 0 Å². The third kappa shape index (κ3) is 3.18. The first-order valence-electron chi connectivity index (χ1n) is 5.46. The monoisotopic (exact) mass is 198 g/mol. The van der Waals surface area contributed by atoms with Gasteiger partial charge in [-0.1, -0.05) is 13.8 Å². The van der Waals surface area contributed by atoms with Gasteiger partial charge in [0, 0.05) is 19.1 Å². The topological polar surface area (TPSA) is 53.6 Å². The standard InChI is InChI=1S/C10H22N4/c1-4-14(9-5-6-9)10(13-11)12-7-8(2)3/h8-9H,4-7,11H2,1-3H3,(H,12,13). The highest BCUT2D eigenvalue weighted by Gasteiger charge is 2.29. The zero-order chi connectivity index (χ0) is 10.6. The van der Waals surface area contributed by atoms with Crippen LogP contribution in [0.3, 0.4) is 0 Å². The van der Waals surface area contributed by atoms with Crippen molar-refractivity contribution in [2.24, 2.45) is 16.8 Å². The van der Waals surface area contributed by atoms with Gasteiger partial charge in [-0.05, 0) is 25.7 Å². The van der Waals surface area contributed by atoms with E-state index < -0.39 is 0 Å². The molecule has 0 bridgehead atoms. The fourth-order valence-corrected chi connectivity index (χ4v) is 1.46. The van der Waals surface area contributed by atoms with E-state index in [1.165, 1.54) is 12.8 Å². The minimum absolute atomic E-state index is 0.580. The van der Waals surface area contributed by atoms with Crippen LogP contribution in [0.2, 0.25) is 0 Å². The lowest BCUT2D eigenvalue weighted by atomic mass is 10.2. The lowest BCUT2D eigenvalue weighted by Gasteiger charge is -2.23. The molecule has 1 saturated carbocycles. The van der Waals surface area contributed by atoms with Crippen molar-refractivity contribution in [3.05, 3.63) is 0 Å². The average Bonchev–Trinajstić information content (AvgIpc) is 2.95. The van der Waals surface area contributed by atoms with Crippen molar-refractivity contribution in [2.75, 3.05) is 13.1 Å². The molecule has 0 atom stereocenters. The summed E-state index contributed by atoms with van der Waals surface area (Å²) < 4.78 is 0. The molecule has 1 aliphatic rings. The van der Waals surface area contributed by atoms with Gasteiger partial charge in [-0.15, -0.1) is 0 Å². The number of hydrogen-bond acceptors (Lipinski definition) is 2. The lowest BCUT2D eigenvalue weighted by Crippen LogP contribution is -2.46. The summed E-state index contributed by atoms with van der Waals surface area (Å²) >= 11 is 0. The van der Waals surface area contributed by atoms with E-state index in [1.807, 2.05) is 0 Å². The van der Waals surface area contributed by atoms with Crippen LogP contribution in [-0.4, -0.2) is 30.0 Å². The van der Waals surface area contributed by atoms with Gasteiger partial charge < -0.3 is 4.90 Å². The van der Waals surface area contributed by atoms with Gasteiger partial charge in [-0.25, -0.2) is 5.84 Å². The van der Waals surface area contributed by atoms with Gasteiger partial charge in [-0.2, -0.15) is 0 Å². The molecule has 0 aromatic heterocycles. The number of hydrazine groups is 1. The number of aliphatic imine (C=N–C) groups is 1. The first kappa shape index (κ1) is 11.3. The zero-order valence-corrected chi connectivity index (χ0v) is 9.45. The minimum Gasteiger partial charge on any atom is -0.339 e. The summed E-state index contributed by atoms with van der Waals surface area (Å²) in [5, 5.41) is 0. The van der Waals surface area contributed by atoms with Gasteiger partial charge in [0.25, 0.3) is 0 Å². The maximum atomic E-state index is 5.48. The normalized spacial score (nSPS) is 17.4. The first-order chi connectivity index (χ1) is 6.69. The highest BCUT2D eigenvalue weighted by Crippen LogP contribution is 2.26. The number of nitrogens with zero attached hydrogens (tertiary/aromatic N) is 2. The van der Waals surface area contributed by atoms with Crippen molar-refractivity contribution in [1.82, 2.24) is 10.3 Å². The van der Waals surface area contributed by atoms with E-state index in [0.29, 0.717) is 12.0 Å². The van der Waals surface area contributed by atoms with Crippen molar-refractivity contribution < 1.29 is 0 Å². The molecule has 0 aromatic carbocycles. The summed E-state index contributed by atoms with van der Waals surface area (Å²) in [5.74, 6) is 6.91. The second kappa shape index (κ2) is 5.20. The molecule has 4 heteroatoms. The summed E-state index contributed by atoms with van der Waals surface area (Å²) in [6.45, 7) is 8.27. The molecule has 14 heavy (non-hydrogen) atoms. The molecule has 0 saturated heterocycles. The molecule has 4 nitrogen and oxygen atoms in total. The van der Waals surface area contributed by atoms with E-state index >= 15 is 0 Å². The molecule has 82 valence electrons. The second-order valence-corrected chi connectivity index (χ2v) is 4.22. The second-order valence-electron chi connectivity index (χ2n) is 4.22. The smallest absolute Gasteiger partial charge is 0.208 e. The molecular weight excluding hydrogens is 176 g/mol. The highest BCUT2D eigenvalue weighted by molar-refractivity contribution is 5.80. The largest absolute Gasteiger partial charge is 0.339 e. The van der Waals surface area contributed by atoms with Crippen molar-refractivity contribution >= 4 is 5.96 Å². The number of nitrogens with two attached hydrogens (primary N) is 1. The maximum absolute atomic E-state index is 5.48. The summed E-state index contributed by atoms with van der Waals surface area (Å²) in [4.78, 5) is 6.73. The molecule has 1 fully saturated rings.